The van der Waals surface area contributed by atoms with Crippen molar-refractivity contribution in [3.05, 3.63) is 116 Å². The number of rotatable bonds is 8. The molecule has 0 aliphatic heterocycles. The first-order chi connectivity index (χ1) is 22.9. The highest BCUT2D eigenvalue weighted by molar-refractivity contribution is 6.32. The first kappa shape index (κ1) is 32.8. The van der Waals surface area contributed by atoms with Gasteiger partial charge in [0.15, 0.2) is 5.82 Å². The molecule has 0 aliphatic carbocycles. The maximum Gasteiger partial charge on any atom is 0.455 e. The standard InChI is InChI=1S/C30H20Cl3F3N10O2/c1-15-9-18(31)11-20(27(47)38-13-17-10-16-5-2-3-7-22(16)39-25(17)33)24(15)40-28(48)23-12-19(14-45-43-29(41-44-45)30(34,35)36)42-46(23)26-21(32)6-4-8-37-26/h2-12H,13-14H2,1H3,(H,38,47)(H,40,48). The normalized spacial score (nSPS) is 11.6. The van der Waals surface area contributed by atoms with E-state index >= 15 is 0 Å². The van der Waals surface area contributed by atoms with Crippen molar-refractivity contribution >= 4 is 63.2 Å². The van der Waals surface area contributed by atoms with Gasteiger partial charge in [0.2, 0.25) is 0 Å². The van der Waals surface area contributed by atoms with E-state index in [-0.39, 0.29) is 56.7 Å². The Balaban J connectivity index is 1.30. The lowest BCUT2D eigenvalue weighted by molar-refractivity contribution is -0.145. The quantitative estimate of drug-likeness (QED) is 0.174. The summed E-state index contributed by atoms with van der Waals surface area (Å²) in [5.74, 6) is -2.69. The number of hydrogen-bond donors (Lipinski definition) is 2. The third-order valence-electron chi connectivity index (χ3n) is 6.92. The van der Waals surface area contributed by atoms with E-state index in [1.54, 1.807) is 19.1 Å². The number of para-hydroxylation sites is 1. The van der Waals surface area contributed by atoms with Crippen LogP contribution in [0.4, 0.5) is 18.9 Å². The van der Waals surface area contributed by atoms with Gasteiger partial charge in [-0.2, -0.15) is 23.1 Å². The molecule has 0 saturated carbocycles. The number of amides is 2. The molecule has 0 fully saturated rings. The molecular formula is C30H20Cl3F3N10O2. The largest absolute Gasteiger partial charge is 0.455 e. The number of aryl methyl sites for hydroxylation is 1. The fourth-order valence-corrected chi connectivity index (χ4v) is 5.42. The number of benzene rings is 2. The molecule has 6 aromatic rings. The molecule has 0 unspecified atom stereocenters. The highest BCUT2D eigenvalue weighted by Gasteiger charge is 2.37. The van der Waals surface area contributed by atoms with Crippen molar-refractivity contribution in [2.24, 2.45) is 0 Å². The van der Waals surface area contributed by atoms with Crippen LogP contribution in [0.25, 0.3) is 16.7 Å². The molecule has 2 amide bonds. The molecule has 2 aromatic carbocycles. The van der Waals surface area contributed by atoms with Crippen molar-refractivity contribution in [1.82, 2.24) is 45.3 Å². The van der Waals surface area contributed by atoms with E-state index in [1.807, 2.05) is 30.3 Å². The average Bonchev–Trinajstić information content (AvgIpc) is 3.69. The summed E-state index contributed by atoms with van der Waals surface area (Å²) in [7, 11) is 0. The van der Waals surface area contributed by atoms with Crippen LogP contribution in [0, 0.1) is 6.92 Å². The van der Waals surface area contributed by atoms with Gasteiger partial charge in [0.05, 0.1) is 27.5 Å². The van der Waals surface area contributed by atoms with Gasteiger partial charge in [-0.25, -0.2) is 14.6 Å². The second-order valence-electron chi connectivity index (χ2n) is 10.3. The topological polar surface area (TPSA) is 145 Å². The van der Waals surface area contributed by atoms with E-state index in [1.165, 1.54) is 24.4 Å². The lowest BCUT2D eigenvalue weighted by Gasteiger charge is -2.16. The van der Waals surface area contributed by atoms with Crippen LogP contribution in [-0.4, -0.2) is 51.8 Å². The van der Waals surface area contributed by atoms with Crippen molar-refractivity contribution in [2.45, 2.75) is 26.2 Å². The van der Waals surface area contributed by atoms with Crippen molar-refractivity contribution in [2.75, 3.05) is 5.32 Å². The fourth-order valence-electron chi connectivity index (χ4n) is 4.73. The number of nitrogens with zero attached hydrogens (tertiary/aromatic N) is 8. The van der Waals surface area contributed by atoms with Gasteiger partial charge in [0.1, 0.15) is 17.4 Å². The van der Waals surface area contributed by atoms with Crippen LogP contribution < -0.4 is 10.6 Å². The number of carbonyl (C=O) groups excluding carboxylic acids is 2. The van der Waals surface area contributed by atoms with Crippen LogP contribution in [0.3, 0.4) is 0 Å². The van der Waals surface area contributed by atoms with E-state index in [0.29, 0.717) is 21.4 Å². The SMILES string of the molecule is Cc1cc(Cl)cc(C(=O)NCc2cc3ccccc3nc2Cl)c1NC(=O)c1cc(Cn2nnc(C(F)(F)F)n2)nn1-c1ncccc1Cl. The predicted molar refractivity (Wildman–Crippen MR) is 170 cm³/mol. The van der Waals surface area contributed by atoms with E-state index in [4.69, 9.17) is 34.8 Å². The number of tetrazole rings is 1. The zero-order valence-corrected chi connectivity index (χ0v) is 26.7. The summed E-state index contributed by atoms with van der Waals surface area (Å²) in [5, 5.41) is 21.1. The van der Waals surface area contributed by atoms with E-state index in [0.717, 1.165) is 10.1 Å². The number of nitrogens with one attached hydrogen (secondary N) is 2. The van der Waals surface area contributed by atoms with Gasteiger partial charge in [-0.3, -0.25) is 9.59 Å². The van der Waals surface area contributed by atoms with Crippen molar-refractivity contribution in [1.29, 1.82) is 0 Å². The smallest absolute Gasteiger partial charge is 0.348 e. The van der Waals surface area contributed by atoms with Crippen LogP contribution in [0.1, 0.15) is 43.5 Å². The van der Waals surface area contributed by atoms with Gasteiger partial charge >= 0.3 is 6.18 Å². The minimum absolute atomic E-state index is 0.0229. The summed E-state index contributed by atoms with van der Waals surface area (Å²) < 4.78 is 40.2. The fraction of sp³-hybridized carbons (Fsp3) is 0.133. The molecule has 0 spiro atoms. The number of pyridine rings is 2. The second kappa shape index (κ2) is 13.2. The van der Waals surface area contributed by atoms with Gasteiger partial charge in [0, 0.05) is 28.7 Å². The van der Waals surface area contributed by atoms with E-state index < -0.39 is 23.8 Å². The first-order valence-corrected chi connectivity index (χ1v) is 15.0. The monoisotopic (exact) mass is 714 g/mol. The molecule has 0 saturated heterocycles. The third-order valence-corrected chi connectivity index (χ3v) is 7.76. The molecule has 6 rings (SSSR count). The number of fused-ring (bicyclic) bond motifs is 1. The van der Waals surface area contributed by atoms with Gasteiger partial charge < -0.3 is 10.6 Å². The lowest BCUT2D eigenvalue weighted by Crippen LogP contribution is -2.26. The Labute approximate surface area is 283 Å². The number of hydrogen-bond acceptors (Lipinski definition) is 8. The van der Waals surface area contributed by atoms with Crippen LogP contribution in [0.2, 0.25) is 15.2 Å². The van der Waals surface area contributed by atoms with Gasteiger partial charge in [-0.1, -0.05) is 53.0 Å². The molecule has 0 aliphatic rings. The zero-order valence-electron chi connectivity index (χ0n) is 24.4. The zero-order chi connectivity index (χ0) is 34.2. The summed E-state index contributed by atoms with van der Waals surface area (Å²) in [6.07, 6.45) is -3.38. The van der Waals surface area contributed by atoms with Crippen molar-refractivity contribution in [3.63, 3.8) is 0 Å². The molecule has 244 valence electrons. The minimum Gasteiger partial charge on any atom is -0.348 e. The van der Waals surface area contributed by atoms with E-state index in [2.05, 4.69) is 41.1 Å². The molecule has 0 bridgehead atoms. The Morgan fingerprint density at radius 3 is 2.50 bits per heavy atom. The molecule has 2 N–H and O–H groups in total. The molecule has 4 heterocycles. The summed E-state index contributed by atoms with van der Waals surface area (Å²) in [4.78, 5) is 36.6. The number of aromatic nitrogens is 8. The van der Waals surface area contributed by atoms with E-state index in [9.17, 15) is 22.8 Å². The first-order valence-electron chi connectivity index (χ1n) is 13.9. The van der Waals surface area contributed by atoms with Crippen LogP contribution in [0.5, 0.6) is 0 Å². The molecule has 4 aromatic heterocycles. The Morgan fingerprint density at radius 1 is 0.958 bits per heavy atom. The predicted octanol–water partition coefficient (Wildman–Crippen LogP) is 6.32. The molecule has 12 nitrogen and oxygen atoms in total. The highest BCUT2D eigenvalue weighted by Crippen LogP contribution is 2.29. The second-order valence-corrected chi connectivity index (χ2v) is 11.5. The number of alkyl halides is 3. The summed E-state index contributed by atoms with van der Waals surface area (Å²) in [6.45, 7) is 1.30. The van der Waals surface area contributed by atoms with Crippen LogP contribution in [-0.2, 0) is 19.3 Å². The average molecular weight is 716 g/mol. The number of halogens is 6. The molecule has 48 heavy (non-hydrogen) atoms. The maximum absolute atomic E-state index is 13.8. The lowest BCUT2D eigenvalue weighted by atomic mass is 10.1. The van der Waals surface area contributed by atoms with Gasteiger partial charge in [-0.15, -0.1) is 10.2 Å². The van der Waals surface area contributed by atoms with Crippen molar-refractivity contribution in [3.8, 4) is 5.82 Å². The summed E-state index contributed by atoms with van der Waals surface area (Å²) in [5.41, 5.74) is 1.88. The number of carbonyl (C=O) groups is 2. The molecule has 0 radical (unpaired) electrons. The highest BCUT2D eigenvalue weighted by atomic mass is 35.5. The summed E-state index contributed by atoms with van der Waals surface area (Å²) in [6, 6.07) is 16.5. The molecule has 18 heteroatoms. The van der Waals surface area contributed by atoms with Gasteiger partial charge in [-0.05, 0) is 60.2 Å². The third kappa shape index (κ3) is 6.93. The maximum atomic E-state index is 13.8. The minimum atomic E-state index is -4.80. The number of anilines is 1. The summed E-state index contributed by atoms with van der Waals surface area (Å²) >= 11 is 19.0. The Bertz CT molecular complexity index is 2200. The van der Waals surface area contributed by atoms with Crippen LogP contribution in [0.15, 0.2) is 66.9 Å². The Morgan fingerprint density at radius 2 is 1.75 bits per heavy atom. The van der Waals surface area contributed by atoms with Gasteiger partial charge in [0.25, 0.3) is 17.6 Å². The molecular weight excluding hydrogens is 696 g/mol. The van der Waals surface area contributed by atoms with Crippen molar-refractivity contribution < 1.29 is 22.8 Å². The molecule has 0 atom stereocenters. The van der Waals surface area contributed by atoms with Crippen LogP contribution >= 0.6 is 34.8 Å². The Hall–Kier alpha value is -5.12. The Kier molecular flexibility index (Phi) is 9.01.